The number of anilines is 1. The number of aliphatic hydroxyl groups excluding tert-OH is 1. The van der Waals surface area contributed by atoms with Crippen molar-refractivity contribution >= 4 is 17.3 Å². The molecule has 1 saturated heterocycles. The predicted octanol–water partition coefficient (Wildman–Crippen LogP) is 5.18. The third kappa shape index (κ3) is 10.6. The van der Waals surface area contributed by atoms with Gasteiger partial charge in [0.05, 0.1) is 25.0 Å². The predicted molar refractivity (Wildman–Crippen MR) is 170 cm³/mol. The van der Waals surface area contributed by atoms with Crippen molar-refractivity contribution in [1.29, 1.82) is 5.26 Å². The number of fused-ring (bicyclic) bond motifs is 1. The van der Waals surface area contributed by atoms with Crippen LogP contribution in [-0.2, 0) is 14.3 Å². The number of aromatic hydroxyl groups is 1. The van der Waals surface area contributed by atoms with Gasteiger partial charge in [-0.3, -0.25) is 0 Å². The average Bonchev–Trinajstić information content (AvgIpc) is 3.74. The van der Waals surface area contributed by atoms with Crippen molar-refractivity contribution in [2.75, 3.05) is 25.6 Å². The zero-order valence-electron chi connectivity index (χ0n) is 25.6. The molecule has 11 nitrogen and oxygen atoms in total. The van der Waals surface area contributed by atoms with Gasteiger partial charge in [-0.05, 0) is 48.6 Å². The Hall–Kier alpha value is -4.50. The molecular weight excluding hydrogens is 560 g/mol. The first kappa shape index (κ1) is 35.7. The fourth-order valence-corrected chi connectivity index (χ4v) is 4.49. The molecule has 5 N–H and O–H groups in total. The number of carbonyl (C=O) groups is 1. The molecule has 3 unspecified atom stereocenters. The van der Waals surface area contributed by atoms with Gasteiger partial charge in [0, 0.05) is 13.6 Å². The van der Waals surface area contributed by atoms with Gasteiger partial charge in [0.1, 0.15) is 29.7 Å². The molecule has 5 rings (SSSR count). The molecule has 3 heterocycles. The van der Waals surface area contributed by atoms with Crippen LogP contribution in [0.4, 0.5) is 5.82 Å². The number of benzene rings is 2. The molecule has 0 aliphatic carbocycles. The number of aromatic nitrogens is 3. The summed E-state index contributed by atoms with van der Waals surface area (Å²) in [4.78, 5) is 15.9. The highest BCUT2D eigenvalue weighted by Gasteiger charge is 2.28. The summed E-state index contributed by atoms with van der Waals surface area (Å²) >= 11 is 0. The van der Waals surface area contributed by atoms with E-state index < -0.39 is 6.04 Å². The number of phenols is 1. The highest BCUT2D eigenvalue weighted by atomic mass is 16.5. The Morgan fingerprint density at radius 3 is 2.25 bits per heavy atom. The van der Waals surface area contributed by atoms with E-state index in [0.29, 0.717) is 18.3 Å². The molecule has 0 spiro atoms. The van der Waals surface area contributed by atoms with Crippen molar-refractivity contribution in [1.82, 2.24) is 14.6 Å². The van der Waals surface area contributed by atoms with E-state index in [4.69, 9.17) is 30.7 Å². The monoisotopic (exact) mass is 604 g/mol. The second-order valence-electron chi connectivity index (χ2n) is 9.96. The fourth-order valence-electron chi connectivity index (χ4n) is 4.49. The second kappa shape index (κ2) is 19.6. The Balaban J connectivity index is 0.000000242. The second-order valence-corrected chi connectivity index (χ2v) is 9.96. The summed E-state index contributed by atoms with van der Waals surface area (Å²) < 4.78 is 12.9. The molecule has 0 bridgehead atoms. The van der Waals surface area contributed by atoms with Gasteiger partial charge in [-0.15, -0.1) is 0 Å². The van der Waals surface area contributed by atoms with E-state index in [9.17, 15) is 4.79 Å². The summed E-state index contributed by atoms with van der Waals surface area (Å²) in [6.07, 6.45) is 5.32. The highest BCUT2D eigenvalue weighted by molar-refractivity contribution is 5.77. The molecule has 2 aromatic heterocycles. The number of esters is 1. The van der Waals surface area contributed by atoms with Crippen LogP contribution in [-0.4, -0.2) is 57.1 Å². The van der Waals surface area contributed by atoms with Gasteiger partial charge in [-0.25, -0.2) is 19.6 Å². The number of nitrogens with zero attached hydrogens (tertiary/aromatic N) is 4. The number of nitrogens with two attached hydrogens (primary N) is 1. The zero-order chi connectivity index (χ0) is 32.3. The molecule has 1 aliphatic heterocycles. The Morgan fingerprint density at radius 1 is 1.09 bits per heavy atom. The number of hydrogen-bond acceptors (Lipinski definition) is 10. The van der Waals surface area contributed by atoms with Crippen LogP contribution in [0.1, 0.15) is 62.9 Å². The summed E-state index contributed by atoms with van der Waals surface area (Å²) in [5.74, 6) is 1.21. The molecular formula is C33H44N6O5. The average molecular weight is 605 g/mol. The molecule has 44 heavy (non-hydrogen) atoms. The van der Waals surface area contributed by atoms with E-state index in [1.54, 1.807) is 24.3 Å². The summed E-state index contributed by atoms with van der Waals surface area (Å²) in [5, 5.41) is 31.6. The molecule has 1 fully saturated rings. The van der Waals surface area contributed by atoms with Gasteiger partial charge < -0.3 is 30.7 Å². The Kier molecular flexibility index (Phi) is 15.9. The van der Waals surface area contributed by atoms with E-state index >= 15 is 0 Å². The van der Waals surface area contributed by atoms with Crippen LogP contribution in [0, 0.1) is 17.8 Å². The largest absolute Gasteiger partial charge is 0.508 e. The van der Waals surface area contributed by atoms with Crippen molar-refractivity contribution in [3.63, 3.8) is 0 Å². The molecule has 11 heteroatoms. The van der Waals surface area contributed by atoms with Crippen LogP contribution in [0.5, 0.6) is 5.75 Å². The van der Waals surface area contributed by atoms with Gasteiger partial charge in [-0.1, -0.05) is 75.2 Å². The molecule has 2 aromatic carbocycles. The molecule has 4 aromatic rings. The molecule has 1 aliphatic rings. The highest BCUT2D eigenvalue weighted by Crippen LogP contribution is 2.33. The number of nitrogens with one attached hydrogen (secondary N) is 1. The normalized spacial score (nSPS) is 15.9. The van der Waals surface area contributed by atoms with E-state index in [2.05, 4.69) is 35.8 Å². The lowest BCUT2D eigenvalue weighted by Gasteiger charge is -2.15. The van der Waals surface area contributed by atoms with Gasteiger partial charge >= 0.3 is 5.97 Å². The number of para-hydroxylation sites is 1. The first-order valence-corrected chi connectivity index (χ1v) is 14.6. The Bertz CT molecular complexity index is 1380. The lowest BCUT2D eigenvalue weighted by atomic mass is 10.1. The Labute approximate surface area is 259 Å². The maximum absolute atomic E-state index is 11.7. The van der Waals surface area contributed by atoms with Gasteiger partial charge in [-0.2, -0.15) is 5.10 Å². The SMILES string of the molecule is C#N.CCC(CC)COC(=O)C(N)c1ccccc1.CNc1ncnn2c(C3CCC(CO)O3)ccc12.Oc1ccccc1. The lowest BCUT2D eigenvalue weighted by Crippen LogP contribution is -2.25. The molecule has 0 radical (unpaired) electrons. The summed E-state index contributed by atoms with van der Waals surface area (Å²) in [6.45, 7) is 8.24. The smallest absolute Gasteiger partial charge is 0.327 e. The first-order chi connectivity index (χ1) is 21.4. The van der Waals surface area contributed by atoms with Gasteiger partial charge in [0.2, 0.25) is 0 Å². The van der Waals surface area contributed by atoms with Crippen LogP contribution in [0.3, 0.4) is 0 Å². The summed E-state index contributed by atoms with van der Waals surface area (Å²) in [5.41, 5.74) is 8.58. The van der Waals surface area contributed by atoms with E-state index in [1.165, 1.54) is 6.33 Å². The quantitative estimate of drug-likeness (QED) is 0.187. The topological polar surface area (TPSA) is 168 Å². The van der Waals surface area contributed by atoms with Crippen molar-refractivity contribution in [3.8, 4) is 12.3 Å². The molecule has 0 amide bonds. The standard InChI is InChI=1S/C14H21NO2.C12H16N4O2.C6H6O.CHN/c1-3-11(4-2)10-17-14(16)13(15)12-8-6-5-7-9-12;1-13-12-10-4-3-9(16(10)15-7-14-12)11-5-2-8(6-17)18-11;7-6-4-2-1-3-5-6;1-2/h5-9,11,13H,3-4,10,15H2,1-2H3;3-4,7-8,11,17H,2,5-6H2,1H3,(H,13,14,15);1-5,7H;1H. The van der Waals surface area contributed by atoms with E-state index in [0.717, 1.165) is 48.3 Å². The number of carbonyl (C=O) groups excluding carboxylic acids is 1. The number of phenolic OH excluding ortho intramolecular Hbond substituents is 1. The maximum Gasteiger partial charge on any atom is 0.327 e. The number of aliphatic hydroxyl groups is 1. The third-order valence-corrected chi connectivity index (χ3v) is 7.14. The van der Waals surface area contributed by atoms with E-state index in [-0.39, 0.29) is 24.8 Å². The third-order valence-electron chi connectivity index (χ3n) is 7.14. The molecule has 0 saturated carbocycles. The number of hydrogen-bond donors (Lipinski definition) is 4. The number of ether oxygens (including phenoxy) is 2. The minimum absolute atomic E-state index is 0.00394. The zero-order valence-corrected chi connectivity index (χ0v) is 25.6. The van der Waals surface area contributed by atoms with Gasteiger partial charge in [0.15, 0.2) is 5.82 Å². The Morgan fingerprint density at radius 2 is 1.73 bits per heavy atom. The molecule has 3 atom stereocenters. The minimum atomic E-state index is -0.675. The minimum Gasteiger partial charge on any atom is -0.508 e. The first-order valence-electron chi connectivity index (χ1n) is 14.6. The lowest BCUT2D eigenvalue weighted by molar-refractivity contribution is -0.146. The van der Waals surface area contributed by atoms with Crippen LogP contribution < -0.4 is 11.1 Å². The van der Waals surface area contributed by atoms with Crippen molar-refractivity contribution in [3.05, 3.63) is 90.4 Å². The summed E-state index contributed by atoms with van der Waals surface area (Å²) in [7, 11) is 1.84. The maximum atomic E-state index is 11.7. The fraction of sp³-hybridized carbons (Fsp3) is 0.394. The number of nitriles is 1. The van der Waals surface area contributed by atoms with Crippen molar-refractivity contribution < 1.29 is 24.5 Å². The van der Waals surface area contributed by atoms with Gasteiger partial charge in [0.25, 0.3) is 0 Å². The summed E-state index contributed by atoms with van der Waals surface area (Å²) in [6, 6.07) is 21.3. The van der Waals surface area contributed by atoms with Crippen molar-refractivity contribution in [2.24, 2.45) is 11.7 Å². The van der Waals surface area contributed by atoms with Crippen LogP contribution in [0.2, 0.25) is 0 Å². The number of rotatable bonds is 9. The molecule has 236 valence electrons. The van der Waals surface area contributed by atoms with E-state index in [1.807, 2.05) is 60.1 Å². The van der Waals surface area contributed by atoms with Crippen LogP contribution in [0.25, 0.3) is 5.52 Å². The van der Waals surface area contributed by atoms with Crippen LogP contribution in [0.15, 0.2) is 79.1 Å². The van der Waals surface area contributed by atoms with Crippen LogP contribution >= 0.6 is 0 Å². The van der Waals surface area contributed by atoms with Crippen molar-refractivity contribution in [2.45, 2.75) is 57.8 Å².